The van der Waals surface area contributed by atoms with Gasteiger partial charge in [-0.05, 0) is 36.8 Å². The van der Waals surface area contributed by atoms with Crippen LogP contribution in [0.15, 0.2) is 24.3 Å². The number of alkyl halides is 6. The molecule has 0 spiro atoms. The smallest absolute Gasteiger partial charge is 0.170 e. The normalized spacial score (nSPS) is 23.5. The molecular formula is C14H12F6. The lowest BCUT2D eigenvalue weighted by Crippen LogP contribution is -2.31. The molecule has 0 atom stereocenters. The molecule has 0 radical (unpaired) electrons. The fraction of sp³-hybridized carbons (Fsp3) is 0.571. The highest BCUT2D eigenvalue weighted by molar-refractivity contribution is 5.42. The van der Waals surface area contributed by atoms with Crippen molar-refractivity contribution in [2.75, 3.05) is 0 Å². The molecule has 2 fully saturated rings. The summed E-state index contributed by atoms with van der Waals surface area (Å²) in [6, 6.07) is 5.00. The van der Waals surface area contributed by atoms with Crippen molar-refractivity contribution in [3.63, 3.8) is 0 Å². The van der Waals surface area contributed by atoms with Gasteiger partial charge in [0.25, 0.3) is 0 Å². The summed E-state index contributed by atoms with van der Waals surface area (Å²) in [7, 11) is 0. The molecule has 0 amide bonds. The summed E-state index contributed by atoms with van der Waals surface area (Å²) in [5.41, 5.74) is -3.91. The van der Waals surface area contributed by atoms with Gasteiger partial charge in [-0.15, -0.1) is 0 Å². The molecule has 0 heterocycles. The van der Waals surface area contributed by atoms with Gasteiger partial charge >= 0.3 is 12.4 Å². The predicted molar refractivity (Wildman–Crippen MR) is 60.4 cm³/mol. The number of hydrogen-bond donors (Lipinski definition) is 0. The maximum Gasteiger partial charge on any atom is 0.398 e. The van der Waals surface area contributed by atoms with Crippen molar-refractivity contribution >= 4 is 0 Å². The molecule has 3 rings (SSSR count). The SMILES string of the molecule is FC(F)(F)C1(c2cccc(C3(C(F)(F)F)CC3)c2)CC1. The monoisotopic (exact) mass is 294 g/mol. The van der Waals surface area contributed by atoms with Crippen molar-refractivity contribution in [2.45, 2.75) is 48.9 Å². The topological polar surface area (TPSA) is 0 Å². The van der Waals surface area contributed by atoms with E-state index in [4.69, 9.17) is 0 Å². The zero-order valence-corrected chi connectivity index (χ0v) is 10.4. The summed E-state index contributed by atoms with van der Waals surface area (Å²) < 4.78 is 78.2. The molecule has 110 valence electrons. The van der Waals surface area contributed by atoms with Crippen molar-refractivity contribution in [1.82, 2.24) is 0 Å². The first-order valence-corrected chi connectivity index (χ1v) is 6.37. The van der Waals surface area contributed by atoms with Gasteiger partial charge in [0, 0.05) is 0 Å². The first kappa shape index (κ1) is 13.8. The summed E-state index contributed by atoms with van der Waals surface area (Å²) in [6.45, 7) is 0. The summed E-state index contributed by atoms with van der Waals surface area (Å²) >= 11 is 0. The molecule has 0 aliphatic heterocycles. The lowest BCUT2D eigenvalue weighted by Gasteiger charge is -2.23. The standard InChI is InChI=1S/C14H12F6/c15-13(16,17)11(4-5-11)9-2-1-3-10(8-9)12(6-7-12)14(18,19)20/h1-3,8H,4-7H2. The highest BCUT2D eigenvalue weighted by Gasteiger charge is 2.66. The molecular weight excluding hydrogens is 282 g/mol. The Morgan fingerprint density at radius 2 is 1.05 bits per heavy atom. The molecule has 0 bridgehead atoms. The fourth-order valence-electron chi connectivity index (χ4n) is 2.84. The molecule has 20 heavy (non-hydrogen) atoms. The molecule has 2 saturated carbocycles. The van der Waals surface area contributed by atoms with Gasteiger partial charge in [0.05, 0.1) is 10.8 Å². The third kappa shape index (κ3) is 1.76. The lowest BCUT2D eigenvalue weighted by atomic mass is 9.88. The van der Waals surface area contributed by atoms with Crippen LogP contribution in [-0.4, -0.2) is 12.4 Å². The molecule has 1 aromatic rings. The Bertz CT molecular complexity index is 486. The average molecular weight is 294 g/mol. The molecule has 2 aliphatic rings. The van der Waals surface area contributed by atoms with Crippen LogP contribution < -0.4 is 0 Å². The predicted octanol–water partition coefficient (Wildman–Crippen LogP) is 4.87. The minimum Gasteiger partial charge on any atom is -0.170 e. The summed E-state index contributed by atoms with van der Waals surface area (Å²) in [5.74, 6) is 0. The van der Waals surface area contributed by atoms with E-state index in [0.717, 1.165) is 6.07 Å². The number of hydrogen-bond acceptors (Lipinski definition) is 0. The maximum atomic E-state index is 13.0. The van der Waals surface area contributed by atoms with Gasteiger partial charge in [0.15, 0.2) is 0 Å². The number of halogens is 6. The van der Waals surface area contributed by atoms with E-state index in [1.807, 2.05) is 0 Å². The molecule has 1 aromatic carbocycles. The fourth-order valence-corrected chi connectivity index (χ4v) is 2.84. The second-order valence-electron chi connectivity index (χ2n) is 5.74. The van der Waals surface area contributed by atoms with E-state index in [-0.39, 0.29) is 36.8 Å². The van der Waals surface area contributed by atoms with Gasteiger partial charge in [0.2, 0.25) is 0 Å². The second kappa shape index (κ2) is 3.71. The Balaban J connectivity index is 2.01. The van der Waals surface area contributed by atoms with E-state index < -0.39 is 23.2 Å². The van der Waals surface area contributed by atoms with Crippen LogP contribution in [0, 0.1) is 0 Å². The van der Waals surface area contributed by atoms with Crippen molar-refractivity contribution in [3.05, 3.63) is 35.4 Å². The van der Waals surface area contributed by atoms with E-state index in [1.165, 1.54) is 18.2 Å². The van der Waals surface area contributed by atoms with Gasteiger partial charge in [-0.2, -0.15) is 26.3 Å². The number of rotatable bonds is 2. The van der Waals surface area contributed by atoms with E-state index in [1.54, 1.807) is 0 Å². The molecule has 0 aromatic heterocycles. The summed E-state index contributed by atoms with van der Waals surface area (Å²) in [6.07, 6.45) is -8.98. The van der Waals surface area contributed by atoms with Crippen LogP contribution in [0.5, 0.6) is 0 Å². The minimum atomic E-state index is -4.40. The Hall–Kier alpha value is -1.20. The molecule has 0 saturated heterocycles. The van der Waals surface area contributed by atoms with Gasteiger partial charge in [-0.3, -0.25) is 0 Å². The van der Waals surface area contributed by atoms with Crippen molar-refractivity contribution in [1.29, 1.82) is 0 Å². The highest BCUT2D eigenvalue weighted by Crippen LogP contribution is 2.62. The van der Waals surface area contributed by atoms with Crippen LogP contribution >= 0.6 is 0 Å². The third-order valence-corrected chi connectivity index (χ3v) is 4.55. The van der Waals surface area contributed by atoms with E-state index in [0.29, 0.717) is 0 Å². The number of benzene rings is 1. The van der Waals surface area contributed by atoms with Gasteiger partial charge < -0.3 is 0 Å². The first-order chi connectivity index (χ1) is 9.12. The van der Waals surface area contributed by atoms with Crippen LogP contribution in [0.4, 0.5) is 26.3 Å². The van der Waals surface area contributed by atoms with Gasteiger partial charge in [-0.1, -0.05) is 24.3 Å². The van der Waals surface area contributed by atoms with Crippen molar-refractivity contribution in [2.24, 2.45) is 0 Å². The van der Waals surface area contributed by atoms with Gasteiger partial charge in [-0.25, -0.2) is 0 Å². The lowest BCUT2D eigenvalue weighted by molar-refractivity contribution is -0.161. The summed E-state index contributed by atoms with van der Waals surface area (Å²) in [4.78, 5) is 0. The van der Waals surface area contributed by atoms with Gasteiger partial charge in [0.1, 0.15) is 0 Å². The first-order valence-electron chi connectivity index (χ1n) is 6.37. The van der Waals surface area contributed by atoms with E-state index in [9.17, 15) is 26.3 Å². The maximum absolute atomic E-state index is 13.0. The largest absolute Gasteiger partial charge is 0.398 e. The Kier molecular flexibility index (Phi) is 2.55. The van der Waals surface area contributed by atoms with Crippen LogP contribution in [0.2, 0.25) is 0 Å². The van der Waals surface area contributed by atoms with Crippen LogP contribution in [0.25, 0.3) is 0 Å². The summed E-state index contributed by atoms with van der Waals surface area (Å²) in [5, 5.41) is 0. The highest BCUT2D eigenvalue weighted by atomic mass is 19.4. The van der Waals surface area contributed by atoms with Crippen molar-refractivity contribution in [3.8, 4) is 0 Å². The second-order valence-corrected chi connectivity index (χ2v) is 5.74. The zero-order chi connectivity index (χ0) is 14.8. The minimum absolute atomic E-state index is 0.0296. The zero-order valence-electron chi connectivity index (χ0n) is 10.4. The van der Waals surface area contributed by atoms with Crippen LogP contribution in [0.1, 0.15) is 36.8 Å². The van der Waals surface area contributed by atoms with Crippen LogP contribution in [0.3, 0.4) is 0 Å². The molecule has 0 unspecified atom stereocenters. The molecule has 6 heteroatoms. The van der Waals surface area contributed by atoms with Crippen LogP contribution in [-0.2, 0) is 10.8 Å². The Morgan fingerprint density at radius 3 is 1.30 bits per heavy atom. The quantitative estimate of drug-likeness (QED) is 0.682. The average Bonchev–Trinajstić information content (AvgIpc) is 3.20. The molecule has 0 nitrogen and oxygen atoms in total. The molecule has 2 aliphatic carbocycles. The molecule has 0 N–H and O–H groups in total. The Labute approximate surface area is 111 Å². The third-order valence-electron chi connectivity index (χ3n) is 4.55. The van der Waals surface area contributed by atoms with Crippen molar-refractivity contribution < 1.29 is 26.3 Å². The van der Waals surface area contributed by atoms with E-state index in [2.05, 4.69) is 0 Å². The van der Waals surface area contributed by atoms with E-state index >= 15 is 0 Å². The Morgan fingerprint density at radius 1 is 0.700 bits per heavy atom.